The zero-order valence-electron chi connectivity index (χ0n) is 8.90. The number of para-hydroxylation sites is 1. The molecule has 0 saturated carbocycles. The highest BCUT2D eigenvalue weighted by Crippen LogP contribution is 2.12. The maximum Gasteiger partial charge on any atom is 0.0702 e. The minimum Gasteiger partial charge on any atom is -0.310 e. The van der Waals surface area contributed by atoms with Crippen LogP contribution >= 0.6 is 0 Å². The zero-order valence-corrected chi connectivity index (χ0v) is 8.90. The summed E-state index contributed by atoms with van der Waals surface area (Å²) in [7, 11) is 0. The molecular formula is C13H15N2. The molecule has 77 valence electrons. The van der Waals surface area contributed by atoms with Crippen molar-refractivity contribution in [1.29, 1.82) is 0 Å². The van der Waals surface area contributed by atoms with Crippen molar-refractivity contribution in [1.82, 2.24) is 10.3 Å². The number of aromatic nitrogens is 1. The summed E-state index contributed by atoms with van der Waals surface area (Å²) in [4.78, 5) is 4.40. The van der Waals surface area contributed by atoms with E-state index in [-0.39, 0.29) is 6.04 Å². The fourth-order valence-corrected chi connectivity index (χ4v) is 1.51. The first-order valence-corrected chi connectivity index (χ1v) is 5.16. The number of benzene rings is 1. The van der Waals surface area contributed by atoms with Crippen molar-refractivity contribution in [2.24, 2.45) is 0 Å². The van der Waals surface area contributed by atoms with Crippen molar-refractivity contribution < 1.29 is 0 Å². The second-order valence-electron chi connectivity index (χ2n) is 3.82. The molecule has 0 aliphatic heterocycles. The molecule has 0 aliphatic carbocycles. The highest BCUT2D eigenvalue weighted by molar-refractivity contribution is 5.78. The van der Waals surface area contributed by atoms with Crippen molar-refractivity contribution in [3.63, 3.8) is 0 Å². The SMILES string of the molecule is [CH2]C(C)NCc1cnc2ccccc2c1. The Hall–Kier alpha value is -1.41. The van der Waals surface area contributed by atoms with Gasteiger partial charge in [-0.3, -0.25) is 4.98 Å². The van der Waals surface area contributed by atoms with Crippen LogP contribution in [0.3, 0.4) is 0 Å². The van der Waals surface area contributed by atoms with Crippen LogP contribution in [0.25, 0.3) is 10.9 Å². The number of hydrogen-bond acceptors (Lipinski definition) is 2. The lowest BCUT2D eigenvalue weighted by Gasteiger charge is -2.08. The molecule has 2 aromatic rings. The normalized spacial score (nSPS) is 11.1. The minimum absolute atomic E-state index is 0.261. The van der Waals surface area contributed by atoms with Crippen LogP contribution in [-0.2, 0) is 6.54 Å². The molecule has 0 spiro atoms. The van der Waals surface area contributed by atoms with Crippen LogP contribution in [0, 0.1) is 6.92 Å². The Morgan fingerprint density at radius 1 is 1.40 bits per heavy atom. The molecule has 0 aliphatic rings. The molecule has 2 heteroatoms. The van der Waals surface area contributed by atoms with Crippen molar-refractivity contribution in [3.05, 3.63) is 49.0 Å². The topological polar surface area (TPSA) is 24.9 Å². The van der Waals surface area contributed by atoms with Gasteiger partial charge >= 0.3 is 0 Å². The van der Waals surface area contributed by atoms with Gasteiger partial charge in [-0.2, -0.15) is 0 Å². The summed E-state index contributed by atoms with van der Waals surface area (Å²) in [6.45, 7) is 6.74. The van der Waals surface area contributed by atoms with Crippen LogP contribution in [0.4, 0.5) is 0 Å². The third kappa shape index (κ3) is 2.54. The highest BCUT2D eigenvalue weighted by Gasteiger charge is 1.98. The molecule has 0 bridgehead atoms. The summed E-state index contributed by atoms with van der Waals surface area (Å²) < 4.78 is 0. The van der Waals surface area contributed by atoms with Gasteiger partial charge in [0, 0.05) is 24.2 Å². The number of hydrogen-bond donors (Lipinski definition) is 1. The number of pyridine rings is 1. The van der Waals surface area contributed by atoms with Gasteiger partial charge in [-0.25, -0.2) is 0 Å². The first kappa shape index (κ1) is 10.1. The summed E-state index contributed by atoms with van der Waals surface area (Å²) >= 11 is 0. The fraction of sp³-hybridized carbons (Fsp3) is 0.231. The van der Waals surface area contributed by atoms with Gasteiger partial charge in [0.1, 0.15) is 0 Å². The van der Waals surface area contributed by atoms with Crippen molar-refractivity contribution in [3.8, 4) is 0 Å². The molecule has 1 unspecified atom stereocenters. The van der Waals surface area contributed by atoms with Gasteiger partial charge in [0.05, 0.1) is 5.52 Å². The molecule has 0 amide bonds. The smallest absolute Gasteiger partial charge is 0.0702 e. The summed E-state index contributed by atoms with van der Waals surface area (Å²) in [5.74, 6) is 0. The quantitative estimate of drug-likeness (QED) is 0.821. The van der Waals surface area contributed by atoms with Crippen LogP contribution in [0.2, 0.25) is 0 Å². The molecule has 1 aromatic carbocycles. The van der Waals surface area contributed by atoms with E-state index in [0.29, 0.717) is 0 Å². The Kier molecular flexibility index (Phi) is 2.97. The third-order valence-corrected chi connectivity index (χ3v) is 2.30. The van der Waals surface area contributed by atoms with Crippen molar-refractivity contribution >= 4 is 10.9 Å². The Morgan fingerprint density at radius 2 is 2.20 bits per heavy atom. The zero-order chi connectivity index (χ0) is 10.7. The van der Waals surface area contributed by atoms with Crippen LogP contribution in [-0.4, -0.2) is 11.0 Å². The van der Waals surface area contributed by atoms with Gasteiger partial charge in [0.15, 0.2) is 0 Å². The van der Waals surface area contributed by atoms with Gasteiger partial charge in [-0.05, 0) is 31.5 Å². The Balaban J connectivity index is 2.23. The van der Waals surface area contributed by atoms with Gasteiger partial charge in [-0.15, -0.1) is 0 Å². The van der Waals surface area contributed by atoms with Crippen molar-refractivity contribution in [2.45, 2.75) is 19.5 Å². The van der Waals surface area contributed by atoms with E-state index < -0.39 is 0 Å². The maximum atomic E-state index is 4.40. The Morgan fingerprint density at radius 3 is 3.00 bits per heavy atom. The maximum absolute atomic E-state index is 4.40. The summed E-state index contributed by atoms with van der Waals surface area (Å²) in [5.41, 5.74) is 2.24. The Labute approximate surface area is 90.3 Å². The second kappa shape index (κ2) is 4.41. The molecule has 1 radical (unpaired) electrons. The van der Waals surface area contributed by atoms with Gasteiger partial charge in [0.25, 0.3) is 0 Å². The predicted molar refractivity (Wildman–Crippen MR) is 63.4 cm³/mol. The first-order chi connectivity index (χ1) is 7.25. The average molecular weight is 199 g/mol. The standard InChI is InChI=1S/C13H15N2/c1-10(2)14-8-11-7-12-5-3-4-6-13(12)15-9-11/h3-7,9-10,14H,1,8H2,2H3. The van der Waals surface area contributed by atoms with E-state index in [1.165, 1.54) is 10.9 Å². The monoisotopic (exact) mass is 199 g/mol. The number of fused-ring (bicyclic) bond motifs is 1. The lowest BCUT2D eigenvalue weighted by atomic mass is 10.1. The molecule has 1 aromatic heterocycles. The van der Waals surface area contributed by atoms with E-state index in [4.69, 9.17) is 0 Å². The molecular weight excluding hydrogens is 184 g/mol. The number of nitrogens with one attached hydrogen (secondary N) is 1. The van der Waals surface area contributed by atoms with Gasteiger partial charge in [0.2, 0.25) is 0 Å². The average Bonchev–Trinajstić information content (AvgIpc) is 2.26. The summed E-state index contributed by atoms with van der Waals surface area (Å²) in [5, 5.41) is 4.46. The summed E-state index contributed by atoms with van der Waals surface area (Å²) in [6.07, 6.45) is 1.91. The van der Waals surface area contributed by atoms with Gasteiger partial charge in [-0.1, -0.05) is 18.2 Å². The fourth-order valence-electron chi connectivity index (χ4n) is 1.51. The number of rotatable bonds is 3. The summed E-state index contributed by atoms with van der Waals surface area (Å²) in [6, 6.07) is 10.6. The van der Waals surface area contributed by atoms with Crippen LogP contribution < -0.4 is 5.32 Å². The lowest BCUT2D eigenvalue weighted by Crippen LogP contribution is -2.22. The van der Waals surface area contributed by atoms with E-state index in [0.717, 1.165) is 12.1 Å². The Bertz CT molecular complexity index is 449. The highest BCUT2D eigenvalue weighted by atomic mass is 14.9. The molecule has 0 saturated heterocycles. The van der Waals surface area contributed by atoms with E-state index in [9.17, 15) is 0 Å². The third-order valence-electron chi connectivity index (χ3n) is 2.30. The van der Waals surface area contributed by atoms with Crippen LogP contribution in [0.1, 0.15) is 12.5 Å². The van der Waals surface area contributed by atoms with Gasteiger partial charge < -0.3 is 5.32 Å². The first-order valence-electron chi connectivity index (χ1n) is 5.16. The predicted octanol–water partition coefficient (Wildman–Crippen LogP) is 2.55. The van der Waals surface area contributed by atoms with E-state index in [2.05, 4.69) is 29.4 Å². The molecule has 15 heavy (non-hydrogen) atoms. The molecule has 1 heterocycles. The second-order valence-corrected chi connectivity index (χ2v) is 3.82. The van der Waals surface area contributed by atoms with E-state index in [1.54, 1.807) is 0 Å². The van der Waals surface area contributed by atoms with Crippen molar-refractivity contribution in [2.75, 3.05) is 0 Å². The largest absolute Gasteiger partial charge is 0.310 e. The minimum atomic E-state index is 0.261. The molecule has 2 nitrogen and oxygen atoms in total. The molecule has 1 atom stereocenters. The van der Waals surface area contributed by atoms with E-state index in [1.807, 2.05) is 31.3 Å². The van der Waals surface area contributed by atoms with Crippen LogP contribution in [0.5, 0.6) is 0 Å². The molecule has 2 rings (SSSR count). The van der Waals surface area contributed by atoms with E-state index >= 15 is 0 Å². The lowest BCUT2D eigenvalue weighted by molar-refractivity contribution is 0.630. The molecule has 1 N–H and O–H groups in total. The number of nitrogens with zero attached hydrogens (tertiary/aromatic N) is 1. The molecule has 0 fully saturated rings. The van der Waals surface area contributed by atoms with Crippen LogP contribution in [0.15, 0.2) is 36.5 Å².